The van der Waals surface area contributed by atoms with E-state index in [0.717, 1.165) is 5.56 Å². The van der Waals surface area contributed by atoms with E-state index in [1.165, 1.54) is 12.1 Å². The van der Waals surface area contributed by atoms with E-state index in [-0.39, 0.29) is 18.1 Å². The minimum absolute atomic E-state index is 0.109. The zero-order valence-corrected chi connectivity index (χ0v) is 14.8. The lowest BCUT2D eigenvalue weighted by molar-refractivity contribution is -0.116. The van der Waals surface area contributed by atoms with Gasteiger partial charge in [-0.1, -0.05) is 12.1 Å². The van der Waals surface area contributed by atoms with E-state index in [4.69, 9.17) is 5.73 Å². The van der Waals surface area contributed by atoms with E-state index in [2.05, 4.69) is 10.1 Å². The highest BCUT2D eigenvalue weighted by Gasteiger charge is 2.08. The first-order valence-electron chi connectivity index (χ1n) is 8.25. The molecule has 0 fully saturated rings. The van der Waals surface area contributed by atoms with E-state index in [1.807, 2.05) is 11.9 Å². The third-order valence-electron chi connectivity index (χ3n) is 3.77. The van der Waals surface area contributed by atoms with Crippen LogP contribution in [0.25, 0.3) is 0 Å². The number of nitrogens with zero attached hydrogens (tertiary/aromatic N) is 1. The Kier molecular flexibility index (Phi) is 7.25. The minimum atomic E-state index is -2.84. The highest BCUT2D eigenvalue weighted by molar-refractivity contribution is 5.94. The average Bonchev–Trinajstić information content (AvgIpc) is 2.62. The molecule has 0 heterocycles. The smallest absolute Gasteiger partial charge is 0.387 e. The Balaban J connectivity index is 1.76. The number of ether oxygens (including phenoxy) is 1. The molecule has 0 aliphatic rings. The molecule has 27 heavy (non-hydrogen) atoms. The third kappa shape index (κ3) is 7.02. The monoisotopic (exact) mass is 377 g/mol. The Morgan fingerprint density at radius 3 is 2.30 bits per heavy atom. The lowest BCUT2D eigenvalue weighted by Crippen LogP contribution is -2.24. The Bertz CT molecular complexity index is 765. The maximum Gasteiger partial charge on any atom is 0.387 e. The van der Waals surface area contributed by atoms with E-state index in [9.17, 15) is 18.4 Å². The van der Waals surface area contributed by atoms with Crippen LogP contribution in [0.2, 0.25) is 0 Å². The number of halogens is 2. The summed E-state index contributed by atoms with van der Waals surface area (Å²) in [5.74, 6) is -0.573. The molecule has 2 aromatic carbocycles. The minimum Gasteiger partial charge on any atom is -0.435 e. The number of primary amides is 1. The molecular weight excluding hydrogens is 356 g/mol. The number of hydrogen-bond acceptors (Lipinski definition) is 4. The van der Waals surface area contributed by atoms with Gasteiger partial charge in [-0.3, -0.25) is 9.59 Å². The number of benzene rings is 2. The summed E-state index contributed by atoms with van der Waals surface area (Å²) in [7, 11) is 1.86. The van der Waals surface area contributed by atoms with Gasteiger partial charge in [0.2, 0.25) is 11.8 Å². The lowest BCUT2D eigenvalue weighted by atomic mass is 10.2. The highest BCUT2D eigenvalue weighted by atomic mass is 19.3. The van der Waals surface area contributed by atoms with Crippen molar-refractivity contribution in [3.8, 4) is 5.75 Å². The number of hydrogen-bond donors (Lipinski definition) is 2. The van der Waals surface area contributed by atoms with Gasteiger partial charge in [-0.05, 0) is 49.0 Å². The molecule has 0 saturated carbocycles. The molecule has 144 valence electrons. The van der Waals surface area contributed by atoms with Crippen LogP contribution in [0.4, 0.5) is 14.5 Å². The van der Waals surface area contributed by atoms with Crippen LogP contribution >= 0.6 is 0 Å². The van der Waals surface area contributed by atoms with Crippen LogP contribution in [-0.2, 0) is 11.3 Å². The van der Waals surface area contributed by atoms with Crippen molar-refractivity contribution in [2.24, 2.45) is 5.73 Å². The molecule has 0 saturated heterocycles. The molecule has 0 aliphatic carbocycles. The van der Waals surface area contributed by atoms with Crippen LogP contribution in [0, 0.1) is 0 Å². The van der Waals surface area contributed by atoms with Crippen molar-refractivity contribution < 1.29 is 23.1 Å². The Labute approximate surface area is 155 Å². The number of nitrogens with one attached hydrogen (secondary N) is 1. The second-order valence-corrected chi connectivity index (χ2v) is 6.00. The van der Waals surface area contributed by atoms with Crippen LogP contribution in [-0.4, -0.2) is 36.9 Å². The Morgan fingerprint density at radius 1 is 1.11 bits per heavy atom. The van der Waals surface area contributed by atoms with Crippen molar-refractivity contribution in [2.75, 3.05) is 18.9 Å². The zero-order valence-electron chi connectivity index (χ0n) is 14.8. The molecule has 0 spiro atoms. The first-order chi connectivity index (χ1) is 12.8. The predicted octanol–water partition coefficient (Wildman–Crippen LogP) is 2.85. The Morgan fingerprint density at radius 2 is 1.74 bits per heavy atom. The number of amides is 2. The number of nitrogens with two attached hydrogens (primary N) is 1. The molecule has 6 nitrogen and oxygen atoms in total. The SMILES string of the molecule is CN(CCC(=O)Nc1ccc(C(N)=O)cc1)Cc1ccc(OC(F)F)cc1. The summed E-state index contributed by atoms with van der Waals surface area (Å²) >= 11 is 0. The molecule has 0 aliphatic heterocycles. The maximum atomic E-state index is 12.1. The fourth-order valence-corrected chi connectivity index (χ4v) is 2.40. The molecule has 3 N–H and O–H groups in total. The van der Waals surface area contributed by atoms with Crippen molar-refractivity contribution in [1.29, 1.82) is 0 Å². The molecule has 2 aromatic rings. The van der Waals surface area contributed by atoms with Crippen molar-refractivity contribution >= 4 is 17.5 Å². The summed E-state index contributed by atoms with van der Waals surface area (Å²) < 4.78 is 28.6. The van der Waals surface area contributed by atoms with Crippen molar-refractivity contribution in [3.05, 3.63) is 59.7 Å². The zero-order chi connectivity index (χ0) is 19.8. The number of alkyl halides is 2. The molecular formula is C19H21F2N3O3. The summed E-state index contributed by atoms with van der Waals surface area (Å²) in [4.78, 5) is 25.0. The fraction of sp³-hybridized carbons (Fsp3) is 0.263. The number of rotatable bonds is 9. The van der Waals surface area contributed by atoms with Gasteiger partial charge in [0.05, 0.1) is 0 Å². The summed E-state index contributed by atoms with van der Waals surface area (Å²) in [6.45, 7) is -1.76. The van der Waals surface area contributed by atoms with Crippen molar-refractivity contribution in [2.45, 2.75) is 19.6 Å². The van der Waals surface area contributed by atoms with Crippen molar-refractivity contribution in [3.63, 3.8) is 0 Å². The topological polar surface area (TPSA) is 84.7 Å². The van der Waals surface area contributed by atoms with Gasteiger partial charge in [-0.25, -0.2) is 0 Å². The summed E-state index contributed by atoms with van der Waals surface area (Å²) in [5, 5.41) is 2.75. The molecule has 2 rings (SSSR count). The van der Waals surface area contributed by atoms with Crippen LogP contribution in [0.3, 0.4) is 0 Å². The van der Waals surface area contributed by atoms with Gasteiger partial charge in [-0.2, -0.15) is 8.78 Å². The maximum absolute atomic E-state index is 12.1. The van der Waals surface area contributed by atoms with Gasteiger partial charge in [0.25, 0.3) is 0 Å². The van der Waals surface area contributed by atoms with Crippen LogP contribution in [0.5, 0.6) is 5.75 Å². The molecule has 0 radical (unpaired) electrons. The first kappa shape index (κ1) is 20.3. The van der Waals surface area contributed by atoms with Gasteiger partial charge >= 0.3 is 6.61 Å². The van der Waals surface area contributed by atoms with E-state index >= 15 is 0 Å². The lowest BCUT2D eigenvalue weighted by Gasteiger charge is -2.17. The molecule has 0 atom stereocenters. The van der Waals surface area contributed by atoms with Gasteiger partial charge in [0, 0.05) is 30.8 Å². The number of carbonyl (C=O) groups is 2. The number of anilines is 1. The quantitative estimate of drug-likeness (QED) is 0.704. The van der Waals surface area contributed by atoms with Gasteiger partial charge in [0.1, 0.15) is 5.75 Å². The van der Waals surface area contributed by atoms with Crippen LogP contribution < -0.4 is 15.8 Å². The molecule has 2 amide bonds. The molecule has 0 bridgehead atoms. The van der Waals surface area contributed by atoms with Gasteiger partial charge < -0.3 is 20.7 Å². The summed E-state index contributed by atoms with van der Waals surface area (Å²) in [6.07, 6.45) is 0.278. The molecule has 8 heteroatoms. The third-order valence-corrected chi connectivity index (χ3v) is 3.77. The fourth-order valence-electron chi connectivity index (χ4n) is 2.40. The van der Waals surface area contributed by atoms with E-state index in [0.29, 0.717) is 24.3 Å². The predicted molar refractivity (Wildman–Crippen MR) is 97.6 cm³/mol. The van der Waals surface area contributed by atoms with Gasteiger partial charge in [0.15, 0.2) is 0 Å². The first-order valence-corrected chi connectivity index (χ1v) is 8.25. The second-order valence-electron chi connectivity index (χ2n) is 6.00. The van der Waals surface area contributed by atoms with E-state index < -0.39 is 12.5 Å². The normalized spacial score (nSPS) is 10.9. The molecule has 0 aromatic heterocycles. The van der Waals surface area contributed by atoms with E-state index in [1.54, 1.807) is 36.4 Å². The van der Waals surface area contributed by atoms with Gasteiger partial charge in [-0.15, -0.1) is 0 Å². The molecule has 0 unspecified atom stereocenters. The standard InChI is InChI=1S/C19H21F2N3O3/c1-24(12-13-2-8-16(9-3-13)27-19(20)21)11-10-17(25)23-15-6-4-14(5-7-15)18(22)26/h2-9,19H,10-12H2,1H3,(H2,22,26)(H,23,25). The Hall–Kier alpha value is -3.00. The number of carbonyl (C=O) groups excluding carboxylic acids is 2. The highest BCUT2D eigenvalue weighted by Crippen LogP contribution is 2.16. The van der Waals surface area contributed by atoms with Crippen LogP contribution in [0.15, 0.2) is 48.5 Å². The summed E-state index contributed by atoms with van der Waals surface area (Å²) in [6, 6.07) is 12.7. The average molecular weight is 377 g/mol. The largest absolute Gasteiger partial charge is 0.435 e. The second kappa shape index (κ2) is 9.63. The van der Waals surface area contributed by atoms with Crippen molar-refractivity contribution in [1.82, 2.24) is 4.90 Å². The van der Waals surface area contributed by atoms with Crippen LogP contribution in [0.1, 0.15) is 22.3 Å². The summed E-state index contributed by atoms with van der Waals surface area (Å²) in [5.41, 5.74) is 7.04.